The molecule has 1 atom stereocenters. The molecular weight excluding hydrogens is 198 g/mol. The van der Waals surface area contributed by atoms with Crippen LogP contribution in [0.3, 0.4) is 0 Å². The van der Waals surface area contributed by atoms with Gasteiger partial charge in [0, 0.05) is 13.1 Å². The van der Waals surface area contributed by atoms with E-state index >= 15 is 0 Å². The molecule has 3 nitrogen and oxygen atoms in total. The Balaban J connectivity index is 1.97. The van der Waals surface area contributed by atoms with Crippen molar-refractivity contribution in [1.29, 1.82) is 0 Å². The average Bonchev–Trinajstić information content (AvgIpc) is 2.12. The number of thioether (sulfide) groups is 1. The van der Waals surface area contributed by atoms with Crippen LogP contribution in [0, 0.1) is 5.92 Å². The van der Waals surface area contributed by atoms with Crippen LogP contribution in [-0.4, -0.2) is 46.6 Å². The van der Waals surface area contributed by atoms with E-state index in [4.69, 9.17) is 0 Å². The summed E-state index contributed by atoms with van der Waals surface area (Å²) in [6.07, 6.45) is 3.33. The number of nitrogens with zero attached hydrogens (tertiary/aromatic N) is 1. The summed E-state index contributed by atoms with van der Waals surface area (Å²) < 4.78 is 0. The van der Waals surface area contributed by atoms with E-state index in [1.165, 1.54) is 6.42 Å². The van der Waals surface area contributed by atoms with Crippen LogP contribution in [0.15, 0.2) is 0 Å². The van der Waals surface area contributed by atoms with Crippen LogP contribution in [0.25, 0.3) is 0 Å². The zero-order chi connectivity index (χ0) is 9.97. The Morgan fingerprint density at radius 1 is 1.36 bits per heavy atom. The van der Waals surface area contributed by atoms with Crippen LogP contribution >= 0.6 is 11.8 Å². The van der Waals surface area contributed by atoms with E-state index in [9.17, 15) is 9.90 Å². The van der Waals surface area contributed by atoms with Gasteiger partial charge in [-0.05, 0) is 36.7 Å². The molecule has 1 unspecified atom stereocenters. The number of carboxylic acids is 1. The molecule has 0 spiro atoms. The lowest BCUT2D eigenvalue weighted by Gasteiger charge is -2.41. The highest BCUT2D eigenvalue weighted by Gasteiger charge is 2.36. The fourth-order valence-corrected chi connectivity index (χ4v) is 3.45. The number of rotatable bonds is 3. The second-order valence-corrected chi connectivity index (χ2v) is 5.35. The number of aliphatic carboxylic acids is 1. The van der Waals surface area contributed by atoms with Gasteiger partial charge >= 0.3 is 5.97 Å². The van der Waals surface area contributed by atoms with Crippen LogP contribution in [0.2, 0.25) is 0 Å². The summed E-state index contributed by atoms with van der Waals surface area (Å²) in [5, 5.41) is 9.21. The number of hydrogen-bond acceptors (Lipinski definition) is 3. The molecule has 0 aliphatic carbocycles. The van der Waals surface area contributed by atoms with Crippen molar-refractivity contribution in [2.45, 2.75) is 25.3 Å². The Kier molecular flexibility index (Phi) is 3.34. The molecule has 0 saturated carbocycles. The van der Waals surface area contributed by atoms with Crippen LogP contribution in [0.5, 0.6) is 0 Å². The first-order valence-corrected chi connectivity index (χ1v) is 6.49. The molecule has 1 N–H and O–H groups in total. The summed E-state index contributed by atoms with van der Waals surface area (Å²) in [4.78, 5) is 13.3. The van der Waals surface area contributed by atoms with Crippen molar-refractivity contribution in [3.63, 3.8) is 0 Å². The van der Waals surface area contributed by atoms with Crippen molar-refractivity contribution in [2.75, 3.05) is 24.6 Å². The van der Waals surface area contributed by atoms with E-state index < -0.39 is 5.97 Å². The van der Waals surface area contributed by atoms with Crippen LogP contribution in [0.4, 0.5) is 0 Å². The predicted molar refractivity (Wildman–Crippen MR) is 57.7 cm³/mol. The highest BCUT2D eigenvalue weighted by atomic mass is 32.2. The Morgan fingerprint density at radius 3 is 2.43 bits per heavy atom. The van der Waals surface area contributed by atoms with E-state index in [1.54, 1.807) is 0 Å². The lowest BCUT2D eigenvalue weighted by molar-refractivity contribution is -0.147. The Labute approximate surface area is 88.9 Å². The van der Waals surface area contributed by atoms with Gasteiger partial charge in [-0.25, -0.2) is 0 Å². The lowest BCUT2D eigenvalue weighted by Crippen LogP contribution is -2.53. The molecular formula is C10H17NO2S. The van der Waals surface area contributed by atoms with Gasteiger partial charge in [0.2, 0.25) is 0 Å². The number of likely N-dealkylation sites (tertiary alicyclic amines) is 1. The Hall–Kier alpha value is -0.220. The first-order valence-electron chi connectivity index (χ1n) is 5.33. The number of carboxylic acid groups (broad SMARTS) is 1. The van der Waals surface area contributed by atoms with Crippen molar-refractivity contribution in [3.05, 3.63) is 0 Å². The van der Waals surface area contributed by atoms with Crippen LogP contribution in [-0.2, 0) is 4.79 Å². The molecule has 0 aromatic carbocycles. The molecule has 0 aromatic rings. The minimum Gasteiger partial charge on any atom is -0.480 e. The zero-order valence-electron chi connectivity index (χ0n) is 8.32. The number of carbonyl (C=O) groups is 1. The molecule has 2 heterocycles. The summed E-state index contributed by atoms with van der Waals surface area (Å²) in [6.45, 7) is 1.97. The molecule has 14 heavy (non-hydrogen) atoms. The summed E-state index contributed by atoms with van der Waals surface area (Å²) in [5.41, 5.74) is 0. The Morgan fingerprint density at radius 2 is 2.00 bits per heavy atom. The van der Waals surface area contributed by atoms with E-state index in [0.29, 0.717) is 5.92 Å². The second kappa shape index (κ2) is 4.53. The molecule has 2 rings (SSSR count). The van der Waals surface area contributed by atoms with E-state index in [-0.39, 0.29) is 6.04 Å². The molecule has 2 saturated heterocycles. The summed E-state index contributed by atoms with van der Waals surface area (Å²) in [7, 11) is 0. The molecule has 0 amide bonds. The van der Waals surface area contributed by atoms with Crippen molar-refractivity contribution in [2.24, 2.45) is 5.92 Å². The SMILES string of the molecule is O=C(O)C(C1CCSCC1)N1CCC1. The minimum atomic E-state index is -0.610. The van der Waals surface area contributed by atoms with Gasteiger partial charge in [0.25, 0.3) is 0 Å². The van der Waals surface area contributed by atoms with E-state index in [1.807, 2.05) is 11.8 Å². The maximum absolute atomic E-state index is 11.2. The van der Waals surface area contributed by atoms with Gasteiger partial charge in [0.1, 0.15) is 6.04 Å². The van der Waals surface area contributed by atoms with Crippen molar-refractivity contribution in [3.8, 4) is 0 Å². The van der Waals surface area contributed by atoms with Gasteiger partial charge < -0.3 is 5.11 Å². The lowest BCUT2D eigenvalue weighted by atomic mass is 9.90. The minimum absolute atomic E-state index is 0.190. The molecule has 2 aliphatic heterocycles. The first-order chi connectivity index (χ1) is 6.79. The molecule has 0 bridgehead atoms. The van der Waals surface area contributed by atoms with Gasteiger partial charge in [0.15, 0.2) is 0 Å². The fourth-order valence-electron chi connectivity index (χ4n) is 2.31. The molecule has 80 valence electrons. The summed E-state index contributed by atoms with van der Waals surface area (Å²) >= 11 is 1.95. The standard InChI is InChI=1S/C10H17NO2S/c12-10(13)9(11-4-1-5-11)8-2-6-14-7-3-8/h8-9H,1-7H2,(H,12,13). The van der Waals surface area contributed by atoms with Crippen molar-refractivity contribution >= 4 is 17.7 Å². The third-order valence-corrected chi connectivity index (χ3v) is 4.30. The van der Waals surface area contributed by atoms with E-state index in [2.05, 4.69) is 4.90 Å². The third kappa shape index (κ3) is 2.06. The zero-order valence-corrected chi connectivity index (χ0v) is 9.13. The first kappa shape index (κ1) is 10.3. The molecule has 2 aliphatic rings. The predicted octanol–water partition coefficient (Wildman–Crippen LogP) is 1.29. The van der Waals surface area contributed by atoms with Crippen molar-refractivity contribution in [1.82, 2.24) is 4.90 Å². The second-order valence-electron chi connectivity index (χ2n) is 4.12. The van der Waals surface area contributed by atoms with Crippen LogP contribution in [0.1, 0.15) is 19.3 Å². The number of hydrogen-bond donors (Lipinski definition) is 1. The Bertz CT molecular complexity index is 212. The van der Waals surface area contributed by atoms with Gasteiger partial charge in [-0.15, -0.1) is 0 Å². The highest BCUT2D eigenvalue weighted by Crippen LogP contribution is 2.30. The maximum Gasteiger partial charge on any atom is 0.321 e. The van der Waals surface area contributed by atoms with Crippen molar-refractivity contribution < 1.29 is 9.90 Å². The van der Waals surface area contributed by atoms with Gasteiger partial charge in [-0.2, -0.15) is 11.8 Å². The van der Waals surface area contributed by atoms with Crippen LogP contribution < -0.4 is 0 Å². The quantitative estimate of drug-likeness (QED) is 0.770. The third-order valence-electron chi connectivity index (χ3n) is 3.25. The normalized spacial score (nSPS) is 26.9. The smallest absolute Gasteiger partial charge is 0.321 e. The van der Waals surface area contributed by atoms with Gasteiger partial charge in [-0.1, -0.05) is 0 Å². The molecule has 0 aromatic heterocycles. The molecule has 4 heteroatoms. The fraction of sp³-hybridized carbons (Fsp3) is 0.900. The summed E-state index contributed by atoms with van der Waals surface area (Å²) in [5.74, 6) is 2.07. The molecule has 2 fully saturated rings. The maximum atomic E-state index is 11.2. The molecule has 0 radical (unpaired) electrons. The largest absolute Gasteiger partial charge is 0.480 e. The highest BCUT2D eigenvalue weighted by molar-refractivity contribution is 7.99. The van der Waals surface area contributed by atoms with Gasteiger partial charge in [0.05, 0.1) is 0 Å². The monoisotopic (exact) mass is 215 g/mol. The topological polar surface area (TPSA) is 40.5 Å². The summed E-state index contributed by atoms with van der Waals surface area (Å²) in [6, 6.07) is -0.190. The van der Waals surface area contributed by atoms with E-state index in [0.717, 1.165) is 37.4 Å². The van der Waals surface area contributed by atoms with Gasteiger partial charge in [-0.3, -0.25) is 9.69 Å². The average molecular weight is 215 g/mol.